The summed E-state index contributed by atoms with van der Waals surface area (Å²) in [6, 6.07) is 0. The van der Waals surface area contributed by atoms with Crippen molar-refractivity contribution in [2.45, 2.75) is 24.3 Å². The fourth-order valence-corrected chi connectivity index (χ4v) is 4.32. The van der Waals surface area contributed by atoms with Crippen LogP contribution in [-0.4, -0.2) is 45.3 Å². The molecule has 3 heterocycles. The molecule has 0 N–H and O–H groups in total. The monoisotopic (exact) mass is 321 g/mol. The van der Waals surface area contributed by atoms with Crippen LogP contribution >= 0.6 is 0 Å². The van der Waals surface area contributed by atoms with Crippen LogP contribution in [0.1, 0.15) is 18.5 Å². The zero-order valence-corrected chi connectivity index (χ0v) is 13.3. The third-order valence-corrected chi connectivity index (χ3v) is 5.63. The lowest BCUT2D eigenvalue weighted by atomic mass is 9.95. The van der Waals surface area contributed by atoms with Crippen molar-refractivity contribution < 1.29 is 8.42 Å². The number of nitrogens with zero attached hydrogens (tertiary/aromatic N) is 5. The molecule has 22 heavy (non-hydrogen) atoms. The second-order valence-electron chi connectivity index (χ2n) is 5.65. The van der Waals surface area contributed by atoms with Crippen molar-refractivity contribution in [3.63, 3.8) is 0 Å². The van der Waals surface area contributed by atoms with Crippen molar-refractivity contribution in [1.29, 1.82) is 0 Å². The summed E-state index contributed by atoms with van der Waals surface area (Å²) in [5.74, 6) is 0.268. The Hall–Kier alpha value is -1.80. The zero-order chi connectivity index (χ0) is 15.6. The number of piperidine rings is 1. The molecule has 8 heteroatoms. The molecular formula is C14H19N5O2S. The first-order valence-electron chi connectivity index (χ1n) is 7.29. The average molecular weight is 321 g/mol. The smallest absolute Gasteiger partial charge is 0.262 e. The predicted octanol–water partition coefficient (Wildman–Crippen LogP) is 0.853. The van der Waals surface area contributed by atoms with Crippen molar-refractivity contribution in [3.05, 3.63) is 36.8 Å². The van der Waals surface area contributed by atoms with Crippen molar-refractivity contribution in [1.82, 2.24) is 23.8 Å². The van der Waals surface area contributed by atoms with E-state index in [9.17, 15) is 8.42 Å². The van der Waals surface area contributed by atoms with Gasteiger partial charge in [0, 0.05) is 44.9 Å². The van der Waals surface area contributed by atoms with Gasteiger partial charge in [-0.05, 0) is 25.2 Å². The first-order valence-corrected chi connectivity index (χ1v) is 8.73. The predicted molar refractivity (Wildman–Crippen MR) is 80.4 cm³/mol. The van der Waals surface area contributed by atoms with Crippen LogP contribution in [0, 0.1) is 5.92 Å². The first kappa shape index (κ1) is 15.1. The van der Waals surface area contributed by atoms with Crippen LogP contribution < -0.4 is 0 Å². The molecule has 2 aromatic heterocycles. The van der Waals surface area contributed by atoms with Gasteiger partial charge in [0.05, 0.1) is 12.0 Å². The lowest BCUT2D eigenvalue weighted by Gasteiger charge is -2.31. The van der Waals surface area contributed by atoms with Crippen molar-refractivity contribution in [2.75, 3.05) is 13.1 Å². The summed E-state index contributed by atoms with van der Waals surface area (Å²) >= 11 is 0. The molecule has 0 radical (unpaired) electrons. The van der Waals surface area contributed by atoms with E-state index < -0.39 is 10.0 Å². The maximum Gasteiger partial charge on any atom is 0.262 e. The van der Waals surface area contributed by atoms with Gasteiger partial charge in [-0.25, -0.2) is 13.4 Å². The highest BCUT2D eigenvalue weighted by Crippen LogP contribution is 2.24. The minimum atomic E-state index is -3.50. The third kappa shape index (κ3) is 3.17. The molecule has 0 spiro atoms. The van der Waals surface area contributed by atoms with Crippen LogP contribution in [0.5, 0.6) is 0 Å². The Morgan fingerprint density at radius 2 is 2.18 bits per heavy atom. The van der Waals surface area contributed by atoms with E-state index in [1.807, 2.05) is 0 Å². The van der Waals surface area contributed by atoms with Crippen LogP contribution in [0.4, 0.5) is 0 Å². The number of sulfonamides is 1. The normalized spacial score (nSPS) is 20.1. The molecule has 0 aromatic carbocycles. The highest BCUT2D eigenvalue weighted by Gasteiger charge is 2.31. The van der Waals surface area contributed by atoms with Gasteiger partial charge >= 0.3 is 0 Å². The Morgan fingerprint density at radius 1 is 1.32 bits per heavy atom. The summed E-state index contributed by atoms with van der Waals surface area (Å²) in [5, 5.41) is 0.121. The van der Waals surface area contributed by atoms with E-state index in [-0.39, 0.29) is 10.9 Å². The van der Waals surface area contributed by atoms with Gasteiger partial charge in [-0.3, -0.25) is 9.97 Å². The first-order chi connectivity index (χ1) is 10.6. The van der Waals surface area contributed by atoms with E-state index in [1.54, 1.807) is 40.7 Å². The van der Waals surface area contributed by atoms with E-state index in [0.29, 0.717) is 13.1 Å². The van der Waals surface area contributed by atoms with E-state index >= 15 is 0 Å². The summed E-state index contributed by atoms with van der Waals surface area (Å²) in [4.78, 5) is 12.3. The van der Waals surface area contributed by atoms with Gasteiger partial charge in [0.2, 0.25) is 0 Å². The van der Waals surface area contributed by atoms with Gasteiger partial charge in [0.1, 0.15) is 0 Å². The van der Waals surface area contributed by atoms with Gasteiger partial charge in [0.15, 0.2) is 5.03 Å². The zero-order valence-electron chi connectivity index (χ0n) is 12.5. The van der Waals surface area contributed by atoms with E-state index in [0.717, 1.165) is 25.0 Å². The molecule has 0 bridgehead atoms. The molecule has 7 nitrogen and oxygen atoms in total. The van der Waals surface area contributed by atoms with Crippen molar-refractivity contribution in [2.24, 2.45) is 13.0 Å². The summed E-state index contributed by atoms with van der Waals surface area (Å²) in [6.07, 6.45) is 10.7. The molecule has 0 saturated carbocycles. The van der Waals surface area contributed by atoms with Crippen molar-refractivity contribution in [3.8, 4) is 0 Å². The lowest BCUT2D eigenvalue weighted by Crippen LogP contribution is -2.40. The number of hydrogen-bond acceptors (Lipinski definition) is 5. The Labute approximate surface area is 130 Å². The Bertz CT molecular complexity index is 729. The molecule has 1 aliphatic heterocycles. The molecule has 1 fully saturated rings. The minimum absolute atomic E-state index is 0.121. The molecule has 1 saturated heterocycles. The lowest BCUT2D eigenvalue weighted by molar-refractivity contribution is 0.263. The second-order valence-corrected chi connectivity index (χ2v) is 7.53. The largest absolute Gasteiger partial charge is 0.339 e. The van der Waals surface area contributed by atoms with Gasteiger partial charge in [-0.2, -0.15) is 4.31 Å². The summed E-state index contributed by atoms with van der Waals surface area (Å²) in [6.45, 7) is 1.06. The van der Waals surface area contributed by atoms with E-state index in [1.165, 1.54) is 6.33 Å². The van der Waals surface area contributed by atoms with Crippen LogP contribution in [-0.2, 0) is 23.5 Å². The number of imidazole rings is 1. The number of aryl methyl sites for hydroxylation is 1. The molecule has 118 valence electrons. The fraction of sp³-hybridized carbons (Fsp3) is 0.500. The molecule has 3 rings (SSSR count). The van der Waals surface area contributed by atoms with Crippen LogP contribution in [0.25, 0.3) is 0 Å². The van der Waals surface area contributed by atoms with Gasteiger partial charge < -0.3 is 4.57 Å². The minimum Gasteiger partial charge on any atom is -0.339 e. The van der Waals surface area contributed by atoms with E-state index in [2.05, 4.69) is 15.0 Å². The quantitative estimate of drug-likeness (QED) is 0.834. The molecular weight excluding hydrogens is 302 g/mol. The summed E-state index contributed by atoms with van der Waals surface area (Å²) < 4.78 is 28.4. The molecule has 2 aromatic rings. The van der Waals surface area contributed by atoms with Gasteiger partial charge in [-0.15, -0.1) is 0 Å². The molecule has 0 aliphatic carbocycles. The van der Waals surface area contributed by atoms with E-state index in [4.69, 9.17) is 0 Å². The fourth-order valence-electron chi connectivity index (χ4n) is 2.80. The highest BCUT2D eigenvalue weighted by atomic mass is 32.2. The number of aromatic nitrogens is 4. The second kappa shape index (κ2) is 6.13. The number of hydrogen-bond donors (Lipinski definition) is 0. The average Bonchev–Trinajstić information content (AvgIpc) is 2.96. The summed E-state index contributed by atoms with van der Waals surface area (Å²) in [7, 11) is -1.74. The SMILES string of the molecule is Cn1cnc(S(=O)(=O)N2CCC[C@H](Cc3cnccn3)C2)c1. The molecule has 1 atom stereocenters. The standard InChI is InChI=1S/C14H19N5O2S/c1-18-10-14(17-11-18)22(20,21)19-6-2-3-12(9-19)7-13-8-15-4-5-16-13/h4-5,8,10-12H,2-3,6-7,9H2,1H3/t12-/m1/s1. The van der Waals surface area contributed by atoms with Gasteiger partial charge in [-0.1, -0.05) is 0 Å². The van der Waals surface area contributed by atoms with Crippen LogP contribution in [0.2, 0.25) is 0 Å². The molecule has 1 aliphatic rings. The maximum atomic E-state index is 12.6. The highest BCUT2D eigenvalue weighted by molar-refractivity contribution is 7.89. The van der Waals surface area contributed by atoms with Crippen LogP contribution in [0.3, 0.4) is 0 Å². The third-order valence-electron chi connectivity index (χ3n) is 3.88. The van der Waals surface area contributed by atoms with Crippen molar-refractivity contribution >= 4 is 10.0 Å². The molecule has 0 unspecified atom stereocenters. The van der Waals surface area contributed by atoms with Crippen LogP contribution in [0.15, 0.2) is 36.1 Å². The Morgan fingerprint density at radius 3 is 2.86 bits per heavy atom. The summed E-state index contributed by atoms with van der Waals surface area (Å²) in [5.41, 5.74) is 0.907. The van der Waals surface area contributed by atoms with Gasteiger partial charge in [0.25, 0.3) is 10.0 Å². The molecule has 0 amide bonds. The Balaban J connectivity index is 1.73. The topological polar surface area (TPSA) is 81.0 Å². The number of rotatable bonds is 4. The Kier molecular flexibility index (Phi) is 4.21. The maximum absolute atomic E-state index is 12.6.